The molecule has 0 spiro atoms. The van der Waals surface area contributed by atoms with E-state index in [1.165, 1.54) is 0 Å². The Morgan fingerprint density at radius 2 is 2.05 bits per heavy atom. The Kier molecular flexibility index (Phi) is 6.39. The van der Waals surface area contributed by atoms with E-state index >= 15 is 0 Å². The van der Waals surface area contributed by atoms with Crippen LogP contribution in [0.4, 0.5) is 5.69 Å². The molecule has 0 saturated heterocycles. The first kappa shape index (κ1) is 17.2. The van der Waals surface area contributed by atoms with Crippen LogP contribution in [-0.2, 0) is 4.79 Å². The van der Waals surface area contributed by atoms with Gasteiger partial charge in [-0.3, -0.25) is 4.79 Å². The highest BCUT2D eigenvalue weighted by Gasteiger charge is 2.19. The van der Waals surface area contributed by atoms with Crippen molar-refractivity contribution < 1.29 is 4.79 Å². The van der Waals surface area contributed by atoms with Gasteiger partial charge in [-0.05, 0) is 18.1 Å². The summed E-state index contributed by atoms with van der Waals surface area (Å²) in [7, 11) is 0. The molecule has 0 saturated carbocycles. The van der Waals surface area contributed by atoms with Gasteiger partial charge in [-0.25, -0.2) is 4.68 Å². The highest BCUT2D eigenvalue weighted by atomic mass is 35.5. The number of amides is 1. The molecule has 1 aromatic heterocycles. The summed E-state index contributed by atoms with van der Waals surface area (Å²) in [5, 5.41) is 7.02. The van der Waals surface area contributed by atoms with Crippen molar-refractivity contribution in [1.29, 1.82) is 0 Å². The Hall–Kier alpha value is -1.85. The van der Waals surface area contributed by atoms with Crippen LogP contribution in [0.15, 0.2) is 42.7 Å². The third-order valence-electron chi connectivity index (χ3n) is 3.43. The molecule has 21 heavy (non-hydrogen) atoms. The summed E-state index contributed by atoms with van der Waals surface area (Å²) >= 11 is 0. The van der Waals surface area contributed by atoms with Crippen LogP contribution in [-0.4, -0.2) is 21.7 Å². The molecule has 0 aliphatic rings. The summed E-state index contributed by atoms with van der Waals surface area (Å²) < 4.78 is 1.71. The van der Waals surface area contributed by atoms with Crippen molar-refractivity contribution in [3.05, 3.63) is 42.7 Å². The fourth-order valence-electron chi connectivity index (χ4n) is 1.85. The third kappa shape index (κ3) is 4.31. The van der Waals surface area contributed by atoms with E-state index in [1.54, 1.807) is 17.1 Å². The summed E-state index contributed by atoms with van der Waals surface area (Å²) in [4.78, 5) is 12.0. The lowest BCUT2D eigenvalue weighted by Crippen LogP contribution is -2.40. The number of carbonyl (C=O) groups excluding carboxylic acids is 1. The number of nitrogens with two attached hydrogens (primary N) is 1. The van der Waals surface area contributed by atoms with Crippen molar-refractivity contribution in [2.75, 3.05) is 5.32 Å². The van der Waals surface area contributed by atoms with Gasteiger partial charge in [0.05, 0.1) is 29.8 Å². The van der Waals surface area contributed by atoms with Gasteiger partial charge < -0.3 is 11.1 Å². The van der Waals surface area contributed by atoms with Crippen LogP contribution in [0.5, 0.6) is 0 Å². The van der Waals surface area contributed by atoms with E-state index < -0.39 is 6.04 Å². The number of hydrogen-bond donors (Lipinski definition) is 2. The Bertz CT molecular complexity index is 570. The van der Waals surface area contributed by atoms with Crippen molar-refractivity contribution >= 4 is 24.0 Å². The molecule has 1 amide bonds. The van der Waals surface area contributed by atoms with Gasteiger partial charge in [0, 0.05) is 0 Å². The topological polar surface area (TPSA) is 72.9 Å². The molecule has 0 aliphatic carbocycles. The summed E-state index contributed by atoms with van der Waals surface area (Å²) in [5.41, 5.74) is 7.49. The first-order valence-electron chi connectivity index (χ1n) is 6.78. The van der Waals surface area contributed by atoms with Gasteiger partial charge >= 0.3 is 0 Å². The van der Waals surface area contributed by atoms with Gasteiger partial charge in [0.15, 0.2) is 0 Å². The molecule has 2 rings (SSSR count). The number of benzene rings is 1. The summed E-state index contributed by atoms with van der Waals surface area (Å²) in [6, 6.07) is 9.22. The lowest BCUT2D eigenvalue weighted by atomic mass is 9.99. The number of para-hydroxylation sites is 1. The summed E-state index contributed by atoms with van der Waals surface area (Å²) in [6.45, 7) is 3.99. The second kappa shape index (κ2) is 7.81. The van der Waals surface area contributed by atoms with Crippen molar-refractivity contribution in [3.8, 4) is 5.69 Å². The maximum absolute atomic E-state index is 12.0. The maximum atomic E-state index is 12.0. The molecule has 6 heteroatoms. The monoisotopic (exact) mass is 308 g/mol. The molecule has 2 atom stereocenters. The van der Waals surface area contributed by atoms with Crippen LogP contribution in [0, 0.1) is 5.92 Å². The average Bonchev–Trinajstić information content (AvgIpc) is 2.95. The second-order valence-electron chi connectivity index (χ2n) is 4.91. The number of hydrogen-bond acceptors (Lipinski definition) is 3. The Morgan fingerprint density at radius 1 is 1.38 bits per heavy atom. The zero-order chi connectivity index (χ0) is 14.5. The Morgan fingerprint density at radius 3 is 2.67 bits per heavy atom. The molecule has 0 radical (unpaired) electrons. The maximum Gasteiger partial charge on any atom is 0.241 e. The number of nitrogens with one attached hydrogen (secondary N) is 1. The molecule has 5 nitrogen and oxygen atoms in total. The lowest BCUT2D eigenvalue weighted by Gasteiger charge is -2.16. The van der Waals surface area contributed by atoms with Crippen LogP contribution in [0.2, 0.25) is 0 Å². The van der Waals surface area contributed by atoms with Gasteiger partial charge in [-0.1, -0.05) is 38.5 Å². The van der Waals surface area contributed by atoms with Crippen LogP contribution < -0.4 is 11.1 Å². The normalized spacial score (nSPS) is 13.1. The molecule has 114 valence electrons. The fourth-order valence-corrected chi connectivity index (χ4v) is 1.85. The standard InChI is InChI=1S/C15H20N4O.ClH/c1-3-11(2)14(16)15(20)18-12-9-17-19(10-12)13-7-5-4-6-8-13;/h4-11,14H,3,16H2,1-2H3,(H,18,20);1H. The van der Waals surface area contributed by atoms with Crippen molar-refractivity contribution in [2.45, 2.75) is 26.3 Å². The Balaban J connectivity index is 0.00000220. The number of anilines is 1. The first-order chi connectivity index (χ1) is 9.61. The van der Waals surface area contributed by atoms with Crippen molar-refractivity contribution in [3.63, 3.8) is 0 Å². The molecule has 0 fully saturated rings. The molecular weight excluding hydrogens is 288 g/mol. The number of halogens is 1. The zero-order valence-corrected chi connectivity index (χ0v) is 13.0. The van der Waals surface area contributed by atoms with Gasteiger partial charge in [-0.15, -0.1) is 12.4 Å². The number of carbonyl (C=O) groups is 1. The minimum Gasteiger partial charge on any atom is -0.322 e. The molecule has 0 aliphatic heterocycles. The smallest absolute Gasteiger partial charge is 0.241 e. The van der Waals surface area contributed by atoms with Gasteiger partial charge in [0.1, 0.15) is 0 Å². The molecule has 2 unspecified atom stereocenters. The number of nitrogens with zero attached hydrogens (tertiary/aromatic N) is 2. The van der Waals surface area contributed by atoms with E-state index in [1.807, 2.05) is 44.2 Å². The van der Waals surface area contributed by atoms with Crippen molar-refractivity contribution in [1.82, 2.24) is 9.78 Å². The fraction of sp³-hybridized carbons (Fsp3) is 0.333. The average molecular weight is 309 g/mol. The summed E-state index contributed by atoms with van der Waals surface area (Å²) in [6.07, 6.45) is 4.27. The van der Waals surface area contributed by atoms with E-state index in [2.05, 4.69) is 10.4 Å². The molecular formula is C15H21ClN4O. The van der Waals surface area contributed by atoms with E-state index in [4.69, 9.17) is 5.73 Å². The van der Waals surface area contributed by atoms with E-state index in [9.17, 15) is 4.79 Å². The number of rotatable bonds is 5. The quantitative estimate of drug-likeness (QED) is 0.891. The van der Waals surface area contributed by atoms with E-state index in [-0.39, 0.29) is 24.2 Å². The van der Waals surface area contributed by atoms with Crippen LogP contribution in [0.3, 0.4) is 0 Å². The second-order valence-corrected chi connectivity index (χ2v) is 4.91. The van der Waals surface area contributed by atoms with Gasteiger partial charge in [0.2, 0.25) is 5.91 Å². The van der Waals surface area contributed by atoms with E-state index in [0.29, 0.717) is 5.69 Å². The largest absolute Gasteiger partial charge is 0.322 e. The van der Waals surface area contributed by atoms with E-state index in [0.717, 1.165) is 12.1 Å². The highest BCUT2D eigenvalue weighted by molar-refractivity contribution is 5.94. The molecule has 0 bridgehead atoms. The molecule has 1 heterocycles. The summed E-state index contributed by atoms with van der Waals surface area (Å²) in [5.74, 6) is -0.0221. The van der Waals surface area contributed by atoms with Crippen molar-refractivity contribution in [2.24, 2.45) is 11.7 Å². The lowest BCUT2D eigenvalue weighted by molar-refractivity contribution is -0.118. The molecule has 1 aromatic carbocycles. The predicted octanol–water partition coefficient (Wildman–Crippen LogP) is 2.61. The Labute approximate surface area is 130 Å². The SMILES string of the molecule is CCC(C)C(N)C(=O)Nc1cnn(-c2ccccc2)c1.Cl. The molecule has 2 aromatic rings. The number of aromatic nitrogens is 2. The molecule has 3 N–H and O–H groups in total. The predicted molar refractivity (Wildman–Crippen MR) is 86.9 cm³/mol. The van der Waals surface area contributed by atoms with Crippen LogP contribution >= 0.6 is 12.4 Å². The van der Waals surface area contributed by atoms with Gasteiger partial charge in [-0.2, -0.15) is 5.10 Å². The first-order valence-corrected chi connectivity index (χ1v) is 6.78. The highest BCUT2D eigenvalue weighted by Crippen LogP contribution is 2.13. The minimum atomic E-state index is -0.500. The minimum absolute atomic E-state index is 0. The van der Waals surface area contributed by atoms with Gasteiger partial charge in [0.25, 0.3) is 0 Å². The third-order valence-corrected chi connectivity index (χ3v) is 3.43. The zero-order valence-electron chi connectivity index (χ0n) is 12.2. The van der Waals surface area contributed by atoms with Crippen LogP contribution in [0.25, 0.3) is 5.69 Å². The van der Waals surface area contributed by atoms with Crippen LogP contribution in [0.1, 0.15) is 20.3 Å².